The Bertz CT molecular complexity index is 646. The van der Waals surface area contributed by atoms with Crippen LogP contribution in [0.1, 0.15) is 24.8 Å². The van der Waals surface area contributed by atoms with Crippen molar-refractivity contribution >= 4 is 16.0 Å². The Morgan fingerprint density at radius 3 is 2.35 bits per heavy atom. The molecule has 1 aromatic carbocycles. The van der Waals surface area contributed by atoms with Crippen LogP contribution in [0.5, 0.6) is 0 Å². The van der Waals surface area contributed by atoms with Crippen LogP contribution in [0.3, 0.4) is 0 Å². The summed E-state index contributed by atoms with van der Waals surface area (Å²) in [6.07, 6.45) is 2.61. The van der Waals surface area contributed by atoms with E-state index in [0.717, 1.165) is 29.1 Å². The molecule has 3 rings (SSSR count). The third kappa shape index (κ3) is 1.78. The fourth-order valence-corrected chi connectivity index (χ4v) is 4.97. The summed E-state index contributed by atoms with van der Waals surface area (Å²) in [5.74, 6) is -1.04. The van der Waals surface area contributed by atoms with Crippen molar-refractivity contribution in [1.82, 2.24) is 4.31 Å². The van der Waals surface area contributed by atoms with Gasteiger partial charge in [-0.25, -0.2) is 8.42 Å². The molecule has 1 heterocycles. The summed E-state index contributed by atoms with van der Waals surface area (Å²) in [5.41, 5.74) is 0.654. The van der Waals surface area contributed by atoms with Crippen LogP contribution in [0.15, 0.2) is 29.2 Å². The number of nitrogens with zero attached hydrogens (tertiary/aromatic N) is 1. The zero-order valence-electron chi connectivity index (χ0n) is 11.2. The van der Waals surface area contributed by atoms with E-state index in [-0.39, 0.29) is 10.3 Å². The number of carboxylic acids is 1. The van der Waals surface area contributed by atoms with Crippen LogP contribution in [0.2, 0.25) is 0 Å². The number of carboxylic acid groups (broad SMARTS) is 1. The molecule has 1 aliphatic carbocycles. The predicted octanol–water partition coefficient (Wildman–Crippen LogP) is 1.62. The summed E-state index contributed by atoms with van der Waals surface area (Å²) in [6, 6.07) is 5.62. The van der Waals surface area contributed by atoms with Crippen molar-refractivity contribution in [3.8, 4) is 0 Å². The van der Waals surface area contributed by atoms with E-state index < -0.39 is 22.0 Å². The molecule has 0 amide bonds. The molecule has 6 heteroatoms. The molecule has 20 heavy (non-hydrogen) atoms. The molecule has 0 aromatic heterocycles. The van der Waals surface area contributed by atoms with Gasteiger partial charge in [0.2, 0.25) is 10.0 Å². The van der Waals surface area contributed by atoms with Gasteiger partial charge in [-0.05, 0) is 31.9 Å². The van der Waals surface area contributed by atoms with Gasteiger partial charge in [0.25, 0.3) is 0 Å². The van der Waals surface area contributed by atoms with E-state index in [1.807, 2.05) is 6.92 Å². The number of rotatable bonds is 3. The number of sulfonamides is 1. The van der Waals surface area contributed by atoms with Gasteiger partial charge in [-0.1, -0.05) is 24.1 Å². The van der Waals surface area contributed by atoms with Gasteiger partial charge in [-0.3, -0.25) is 4.79 Å². The largest absolute Gasteiger partial charge is 0.480 e. The molecule has 1 spiro atoms. The molecule has 5 nitrogen and oxygen atoms in total. The molecule has 1 atom stereocenters. The van der Waals surface area contributed by atoms with Gasteiger partial charge < -0.3 is 5.11 Å². The average molecular weight is 295 g/mol. The van der Waals surface area contributed by atoms with Gasteiger partial charge >= 0.3 is 5.97 Å². The quantitative estimate of drug-likeness (QED) is 0.919. The Morgan fingerprint density at radius 1 is 1.30 bits per heavy atom. The third-order valence-electron chi connectivity index (χ3n) is 4.55. The maximum atomic E-state index is 12.5. The highest BCUT2D eigenvalue weighted by Crippen LogP contribution is 2.54. The van der Waals surface area contributed by atoms with Crippen molar-refractivity contribution in [3.05, 3.63) is 29.8 Å². The van der Waals surface area contributed by atoms with Crippen molar-refractivity contribution in [2.45, 2.75) is 37.1 Å². The predicted molar refractivity (Wildman–Crippen MR) is 72.8 cm³/mol. The molecule has 2 aliphatic rings. The number of hydrogen-bond donors (Lipinski definition) is 1. The molecule has 1 aromatic rings. The average Bonchev–Trinajstić information content (AvgIpc) is 2.24. The SMILES string of the molecule is Cc1ccc(S(=O)(=O)N2CC3(CCC3)C2C(=O)O)cc1. The minimum absolute atomic E-state index is 0.170. The maximum Gasteiger partial charge on any atom is 0.322 e. The standard InChI is InChI=1S/C14H17NO4S/c1-10-3-5-11(6-4-10)20(18,19)15-9-14(7-2-8-14)12(15)13(16)17/h3-6,12H,2,7-9H2,1H3,(H,16,17). The van der Waals surface area contributed by atoms with Crippen molar-refractivity contribution in [1.29, 1.82) is 0 Å². The molecule has 1 N–H and O–H groups in total. The minimum atomic E-state index is -3.71. The first-order valence-corrected chi connectivity index (χ1v) is 8.12. The van der Waals surface area contributed by atoms with E-state index >= 15 is 0 Å². The van der Waals surface area contributed by atoms with Crippen molar-refractivity contribution in [3.63, 3.8) is 0 Å². The molecule has 0 bridgehead atoms. The molecule has 1 aliphatic heterocycles. The summed E-state index contributed by atoms with van der Waals surface area (Å²) >= 11 is 0. The first-order chi connectivity index (χ1) is 9.37. The lowest BCUT2D eigenvalue weighted by Crippen LogP contribution is -2.71. The lowest BCUT2D eigenvalue weighted by molar-refractivity contribution is -0.164. The molecular formula is C14H17NO4S. The normalized spacial score (nSPS) is 24.9. The topological polar surface area (TPSA) is 74.7 Å². The minimum Gasteiger partial charge on any atom is -0.480 e. The molecular weight excluding hydrogens is 278 g/mol. The zero-order chi connectivity index (χ0) is 14.5. The number of aryl methyl sites for hydroxylation is 1. The number of hydrogen-bond acceptors (Lipinski definition) is 3. The molecule has 1 saturated carbocycles. The van der Waals surface area contributed by atoms with Crippen LogP contribution in [0, 0.1) is 12.3 Å². The van der Waals surface area contributed by atoms with Gasteiger partial charge in [0, 0.05) is 12.0 Å². The molecule has 1 unspecified atom stereocenters. The lowest BCUT2D eigenvalue weighted by Gasteiger charge is -2.59. The molecule has 1 saturated heterocycles. The highest BCUT2D eigenvalue weighted by molar-refractivity contribution is 7.89. The van der Waals surface area contributed by atoms with Crippen LogP contribution >= 0.6 is 0 Å². The van der Waals surface area contributed by atoms with Crippen LogP contribution in [-0.2, 0) is 14.8 Å². The Labute approximate surface area is 118 Å². The lowest BCUT2D eigenvalue weighted by atomic mass is 9.59. The van der Waals surface area contributed by atoms with E-state index in [9.17, 15) is 18.3 Å². The van der Waals surface area contributed by atoms with E-state index in [2.05, 4.69) is 0 Å². The summed E-state index contributed by atoms with van der Waals surface area (Å²) in [4.78, 5) is 11.6. The maximum absolute atomic E-state index is 12.5. The Balaban J connectivity index is 1.92. The Kier molecular flexibility index (Phi) is 2.92. The second kappa shape index (κ2) is 4.30. The second-order valence-corrected chi connectivity index (χ2v) is 7.71. The molecule has 0 radical (unpaired) electrons. The fourth-order valence-electron chi connectivity index (χ4n) is 3.20. The van der Waals surface area contributed by atoms with E-state index in [4.69, 9.17) is 0 Å². The van der Waals surface area contributed by atoms with Gasteiger partial charge in [0.05, 0.1) is 4.90 Å². The van der Waals surface area contributed by atoms with Crippen molar-refractivity contribution < 1.29 is 18.3 Å². The Hall–Kier alpha value is -1.40. The summed E-state index contributed by atoms with van der Waals surface area (Å²) in [6.45, 7) is 2.21. The highest BCUT2D eigenvalue weighted by Gasteiger charge is 2.63. The van der Waals surface area contributed by atoms with Crippen molar-refractivity contribution in [2.75, 3.05) is 6.54 Å². The third-order valence-corrected chi connectivity index (χ3v) is 6.37. The highest BCUT2D eigenvalue weighted by atomic mass is 32.2. The van der Waals surface area contributed by atoms with Crippen LogP contribution < -0.4 is 0 Å². The number of benzene rings is 1. The van der Waals surface area contributed by atoms with E-state index in [1.54, 1.807) is 12.1 Å². The summed E-state index contributed by atoms with van der Waals surface area (Å²) in [7, 11) is -3.71. The van der Waals surface area contributed by atoms with Gasteiger partial charge in [0.1, 0.15) is 6.04 Å². The van der Waals surface area contributed by atoms with Crippen LogP contribution in [0.4, 0.5) is 0 Å². The first kappa shape index (κ1) is 13.6. The number of aliphatic carboxylic acids is 1. The molecule has 108 valence electrons. The summed E-state index contributed by atoms with van der Waals surface area (Å²) in [5, 5.41) is 9.35. The zero-order valence-corrected chi connectivity index (χ0v) is 12.1. The van der Waals surface area contributed by atoms with E-state index in [1.165, 1.54) is 12.1 Å². The van der Waals surface area contributed by atoms with Gasteiger partial charge in [-0.15, -0.1) is 0 Å². The smallest absolute Gasteiger partial charge is 0.322 e. The van der Waals surface area contributed by atoms with Crippen LogP contribution in [-0.4, -0.2) is 36.4 Å². The van der Waals surface area contributed by atoms with Crippen molar-refractivity contribution in [2.24, 2.45) is 5.41 Å². The Morgan fingerprint density at radius 2 is 1.90 bits per heavy atom. The van der Waals surface area contributed by atoms with Gasteiger partial charge in [-0.2, -0.15) is 4.31 Å². The van der Waals surface area contributed by atoms with E-state index in [0.29, 0.717) is 6.54 Å². The first-order valence-electron chi connectivity index (χ1n) is 6.68. The van der Waals surface area contributed by atoms with Gasteiger partial charge in [0.15, 0.2) is 0 Å². The molecule has 2 fully saturated rings. The van der Waals surface area contributed by atoms with Crippen LogP contribution in [0.25, 0.3) is 0 Å². The fraction of sp³-hybridized carbons (Fsp3) is 0.500. The monoisotopic (exact) mass is 295 g/mol. The second-order valence-electron chi connectivity index (χ2n) is 5.82. The summed E-state index contributed by atoms with van der Waals surface area (Å²) < 4.78 is 26.2. The number of carbonyl (C=O) groups is 1.